The molecule has 1 saturated heterocycles. The Bertz CT molecular complexity index is 480. The van der Waals surface area contributed by atoms with Gasteiger partial charge in [0.25, 0.3) is 5.91 Å². The van der Waals surface area contributed by atoms with Crippen LogP contribution in [0.15, 0.2) is 30.3 Å². The third kappa shape index (κ3) is 5.31. The summed E-state index contributed by atoms with van der Waals surface area (Å²) in [4.78, 5) is 25.9. The lowest BCUT2D eigenvalue weighted by Gasteiger charge is -2.32. The van der Waals surface area contributed by atoms with Gasteiger partial charge in [-0.3, -0.25) is 9.59 Å². The number of piperidine rings is 1. The Morgan fingerprint density at radius 3 is 2.68 bits per heavy atom. The molecule has 22 heavy (non-hydrogen) atoms. The molecule has 2 rings (SSSR count). The first-order valence-corrected chi connectivity index (χ1v) is 7.52. The second-order valence-electron chi connectivity index (χ2n) is 5.47. The monoisotopic (exact) mass is 325 g/mol. The maximum Gasteiger partial charge on any atom is 0.251 e. The normalized spacial score (nSPS) is 17.5. The van der Waals surface area contributed by atoms with Crippen LogP contribution in [0.25, 0.3) is 0 Å². The molecule has 122 valence electrons. The number of hydrogen-bond acceptors (Lipinski definition) is 3. The van der Waals surface area contributed by atoms with Crippen LogP contribution in [0.2, 0.25) is 0 Å². The minimum absolute atomic E-state index is 0. The average molecular weight is 326 g/mol. The predicted molar refractivity (Wildman–Crippen MR) is 89.0 cm³/mol. The van der Waals surface area contributed by atoms with E-state index in [0.29, 0.717) is 18.0 Å². The summed E-state index contributed by atoms with van der Waals surface area (Å²) in [5.41, 5.74) is 6.16. The molecule has 1 fully saturated rings. The summed E-state index contributed by atoms with van der Waals surface area (Å²) < 4.78 is 0. The zero-order chi connectivity index (χ0) is 15.1. The van der Waals surface area contributed by atoms with E-state index in [1.165, 1.54) is 0 Å². The van der Waals surface area contributed by atoms with Gasteiger partial charge in [-0.1, -0.05) is 18.2 Å². The predicted octanol–water partition coefficient (Wildman–Crippen LogP) is 1.43. The van der Waals surface area contributed by atoms with Crippen molar-refractivity contribution in [3.8, 4) is 0 Å². The number of nitrogens with two attached hydrogens (primary N) is 1. The summed E-state index contributed by atoms with van der Waals surface area (Å²) in [6.07, 6.45) is 3.11. The van der Waals surface area contributed by atoms with E-state index in [4.69, 9.17) is 5.73 Å². The van der Waals surface area contributed by atoms with Crippen molar-refractivity contribution in [3.05, 3.63) is 35.9 Å². The first kappa shape index (κ1) is 18.5. The maximum atomic E-state index is 12.2. The molecule has 3 N–H and O–H groups in total. The average Bonchev–Trinajstić information content (AvgIpc) is 2.53. The van der Waals surface area contributed by atoms with Crippen LogP contribution in [0.3, 0.4) is 0 Å². The van der Waals surface area contributed by atoms with Crippen LogP contribution in [-0.2, 0) is 4.79 Å². The lowest BCUT2D eigenvalue weighted by atomic mass is 9.95. The molecule has 1 atom stereocenters. The fraction of sp³-hybridized carbons (Fsp3) is 0.500. The highest BCUT2D eigenvalue weighted by Crippen LogP contribution is 2.18. The fourth-order valence-corrected chi connectivity index (χ4v) is 2.72. The van der Waals surface area contributed by atoms with E-state index in [2.05, 4.69) is 5.32 Å². The summed E-state index contributed by atoms with van der Waals surface area (Å²) in [5.74, 6) is 0.276. The van der Waals surface area contributed by atoms with Crippen LogP contribution >= 0.6 is 12.4 Å². The van der Waals surface area contributed by atoms with Crippen molar-refractivity contribution < 1.29 is 9.59 Å². The van der Waals surface area contributed by atoms with Gasteiger partial charge in [-0.2, -0.15) is 0 Å². The molecule has 0 aromatic heterocycles. The van der Waals surface area contributed by atoms with E-state index in [9.17, 15) is 9.59 Å². The zero-order valence-corrected chi connectivity index (χ0v) is 13.5. The Kier molecular flexibility index (Phi) is 7.91. The Balaban J connectivity index is 0.00000242. The van der Waals surface area contributed by atoms with Gasteiger partial charge in [-0.15, -0.1) is 12.4 Å². The molecule has 0 bridgehead atoms. The van der Waals surface area contributed by atoms with Gasteiger partial charge in [0.2, 0.25) is 5.91 Å². The van der Waals surface area contributed by atoms with Gasteiger partial charge in [-0.25, -0.2) is 0 Å². The highest BCUT2D eigenvalue weighted by atomic mass is 35.5. The lowest BCUT2D eigenvalue weighted by Crippen LogP contribution is -2.45. The number of carbonyl (C=O) groups excluding carboxylic acids is 2. The van der Waals surface area contributed by atoms with Gasteiger partial charge in [0.1, 0.15) is 0 Å². The second-order valence-corrected chi connectivity index (χ2v) is 5.47. The molecular weight excluding hydrogens is 302 g/mol. The zero-order valence-electron chi connectivity index (χ0n) is 12.7. The Labute approximate surface area is 137 Å². The van der Waals surface area contributed by atoms with Crippen molar-refractivity contribution >= 4 is 24.2 Å². The molecule has 1 aromatic rings. The largest absolute Gasteiger partial charge is 0.343 e. The molecule has 1 unspecified atom stereocenters. The molecule has 0 radical (unpaired) electrons. The molecule has 6 heteroatoms. The molecule has 2 amide bonds. The summed E-state index contributed by atoms with van der Waals surface area (Å²) in [7, 11) is 0. The van der Waals surface area contributed by atoms with Crippen molar-refractivity contribution in [3.63, 3.8) is 0 Å². The summed E-state index contributed by atoms with van der Waals surface area (Å²) in [6, 6.07) is 8.93. The second kappa shape index (κ2) is 9.43. The van der Waals surface area contributed by atoms with Crippen molar-refractivity contribution in [1.82, 2.24) is 10.2 Å². The van der Waals surface area contributed by atoms with Crippen molar-refractivity contribution in [2.75, 3.05) is 26.2 Å². The van der Waals surface area contributed by atoms with E-state index in [-0.39, 0.29) is 30.8 Å². The summed E-state index contributed by atoms with van der Waals surface area (Å²) >= 11 is 0. The van der Waals surface area contributed by atoms with Crippen LogP contribution in [0.1, 0.15) is 29.6 Å². The van der Waals surface area contributed by atoms with Crippen molar-refractivity contribution in [1.29, 1.82) is 0 Å². The number of likely N-dealkylation sites (tertiary alicyclic amines) is 1. The smallest absolute Gasteiger partial charge is 0.251 e. The fourth-order valence-electron chi connectivity index (χ4n) is 2.72. The molecule has 5 nitrogen and oxygen atoms in total. The molecule has 0 aliphatic carbocycles. The highest BCUT2D eigenvalue weighted by Gasteiger charge is 2.23. The minimum Gasteiger partial charge on any atom is -0.343 e. The van der Waals surface area contributed by atoms with E-state index < -0.39 is 0 Å². The van der Waals surface area contributed by atoms with Crippen LogP contribution in [0, 0.1) is 5.92 Å². The van der Waals surface area contributed by atoms with Crippen LogP contribution < -0.4 is 11.1 Å². The summed E-state index contributed by atoms with van der Waals surface area (Å²) in [5, 5.41) is 2.69. The van der Waals surface area contributed by atoms with E-state index >= 15 is 0 Å². The first-order chi connectivity index (χ1) is 10.2. The molecule has 1 aliphatic heterocycles. The molecule has 1 aromatic carbocycles. The van der Waals surface area contributed by atoms with Crippen LogP contribution in [-0.4, -0.2) is 42.9 Å². The third-order valence-electron chi connectivity index (χ3n) is 3.88. The standard InChI is InChI=1S/C16H23N3O2.ClH/c17-9-8-13-5-4-10-19(12-13)15(20)11-18-16(21)14-6-2-1-3-7-14;/h1-3,6-7,13H,4-5,8-12,17H2,(H,18,21);1H. The Hall–Kier alpha value is -1.59. The number of carbonyl (C=O) groups is 2. The van der Waals surface area contributed by atoms with Gasteiger partial charge in [0.15, 0.2) is 0 Å². The quantitative estimate of drug-likeness (QED) is 0.860. The number of amides is 2. The molecule has 0 saturated carbocycles. The van der Waals surface area contributed by atoms with Gasteiger partial charge >= 0.3 is 0 Å². The highest BCUT2D eigenvalue weighted by molar-refractivity contribution is 5.96. The molecule has 1 aliphatic rings. The van der Waals surface area contributed by atoms with Crippen molar-refractivity contribution in [2.45, 2.75) is 19.3 Å². The Morgan fingerprint density at radius 1 is 1.27 bits per heavy atom. The number of benzene rings is 1. The van der Waals surface area contributed by atoms with Gasteiger partial charge in [0, 0.05) is 18.7 Å². The van der Waals surface area contributed by atoms with Crippen LogP contribution in [0.5, 0.6) is 0 Å². The maximum absolute atomic E-state index is 12.2. The minimum atomic E-state index is -0.209. The Morgan fingerprint density at radius 2 is 2.00 bits per heavy atom. The number of nitrogens with one attached hydrogen (secondary N) is 1. The van der Waals surface area contributed by atoms with Gasteiger partial charge in [-0.05, 0) is 43.9 Å². The van der Waals surface area contributed by atoms with E-state index in [0.717, 1.165) is 32.4 Å². The van der Waals surface area contributed by atoms with Crippen LogP contribution in [0.4, 0.5) is 0 Å². The number of hydrogen-bond donors (Lipinski definition) is 2. The number of halogens is 1. The lowest BCUT2D eigenvalue weighted by molar-refractivity contribution is -0.131. The number of nitrogens with zero attached hydrogens (tertiary/aromatic N) is 1. The molecule has 1 heterocycles. The molecule has 0 spiro atoms. The van der Waals surface area contributed by atoms with Gasteiger partial charge < -0.3 is 16.0 Å². The SMILES string of the molecule is Cl.NCCC1CCCN(C(=O)CNC(=O)c2ccccc2)C1. The van der Waals surface area contributed by atoms with Gasteiger partial charge in [0.05, 0.1) is 6.54 Å². The number of rotatable bonds is 5. The third-order valence-corrected chi connectivity index (χ3v) is 3.88. The summed E-state index contributed by atoms with van der Waals surface area (Å²) in [6.45, 7) is 2.26. The molecular formula is C16H24ClN3O2. The first-order valence-electron chi connectivity index (χ1n) is 7.52. The van der Waals surface area contributed by atoms with E-state index in [1.807, 2.05) is 11.0 Å². The van der Waals surface area contributed by atoms with Crippen molar-refractivity contribution in [2.24, 2.45) is 11.7 Å². The van der Waals surface area contributed by atoms with E-state index in [1.54, 1.807) is 24.3 Å². The topological polar surface area (TPSA) is 75.4 Å².